The Morgan fingerprint density at radius 3 is 2.50 bits per heavy atom. The predicted molar refractivity (Wildman–Crippen MR) is 95.5 cm³/mol. The van der Waals surface area contributed by atoms with Gasteiger partial charge >= 0.3 is 0 Å². The average molecular weight is 323 g/mol. The van der Waals surface area contributed by atoms with Gasteiger partial charge in [-0.3, -0.25) is 5.01 Å². The molecule has 1 aromatic carbocycles. The van der Waals surface area contributed by atoms with E-state index in [0.717, 1.165) is 23.7 Å². The van der Waals surface area contributed by atoms with Crippen LogP contribution in [0.4, 0.5) is 5.69 Å². The summed E-state index contributed by atoms with van der Waals surface area (Å²) in [5.41, 5.74) is 2.38. The molecule has 0 aliphatic heterocycles. The third kappa shape index (κ3) is 6.94. The fourth-order valence-electron chi connectivity index (χ4n) is 1.91. The van der Waals surface area contributed by atoms with E-state index in [1.54, 1.807) is 0 Å². The maximum absolute atomic E-state index is 5.93. The lowest BCUT2D eigenvalue weighted by Crippen LogP contribution is -2.26. The van der Waals surface area contributed by atoms with Gasteiger partial charge in [-0.15, -0.1) is 0 Å². The van der Waals surface area contributed by atoms with E-state index in [-0.39, 0.29) is 12.1 Å². The number of nitrogens with zero attached hydrogens (tertiary/aromatic N) is 3. The summed E-state index contributed by atoms with van der Waals surface area (Å²) in [7, 11) is 1.95. The van der Waals surface area contributed by atoms with Crippen LogP contribution in [0.2, 0.25) is 5.02 Å². The van der Waals surface area contributed by atoms with Crippen molar-refractivity contribution in [3.05, 3.63) is 40.9 Å². The number of halogens is 1. The summed E-state index contributed by atoms with van der Waals surface area (Å²) in [6.45, 7) is 9.09. The highest BCUT2D eigenvalue weighted by Crippen LogP contribution is 2.18. The molecule has 22 heavy (non-hydrogen) atoms. The largest absolute Gasteiger partial charge is 0.379 e. The minimum atomic E-state index is 0.225. The number of nitrogens with one attached hydrogen (secondary N) is 1. The van der Waals surface area contributed by atoms with E-state index in [0.29, 0.717) is 0 Å². The highest BCUT2D eigenvalue weighted by atomic mass is 35.5. The van der Waals surface area contributed by atoms with Crippen LogP contribution in [0.1, 0.15) is 34.1 Å². The van der Waals surface area contributed by atoms with Gasteiger partial charge in [0.05, 0.1) is 6.04 Å². The molecular formula is C17H27ClN4. The number of allylic oxidation sites excluding steroid dienone is 1. The Labute approximate surface area is 139 Å². The Hall–Kier alpha value is -1.55. The van der Waals surface area contributed by atoms with Crippen LogP contribution in [0.3, 0.4) is 0 Å². The first-order valence-electron chi connectivity index (χ1n) is 7.69. The second-order valence-electron chi connectivity index (χ2n) is 5.71. The van der Waals surface area contributed by atoms with E-state index >= 15 is 0 Å². The number of hydrogen-bond acceptors (Lipinski definition) is 3. The van der Waals surface area contributed by atoms with Crippen molar-refractivity contribution in [2.45, 2.75) is 46.2 Å². The third-order valence-electron chi connectivity index (χ3n) is 3.37. The number of benzene rings is 1. The lowest BCUT2D eigenvalue weighted by Gasteiger charge is -2.23. The Kier molecular flexibility index (Phi) is 7.96. The SMILES string of the molecule is C/C=C(\C)C(CCN(C)N=NC(C)C)Nc1ccc(Cl)cc1. The molecule has 1 aromatic rings. The highest BCUT2D eigenvalue weighted by Gasteiger charge is 2.11. The maximum Gasteiger partial charge on any atom is 0.0673 e. The molecular weight excluding hydrogens is 296 g/mol. The van der Waals surface area contributed by atoms with Crippen molar-refractivity contribution in [3.63, 3.8) is 0 Å². The summed E-state index contributed by atoms with van der Waals surface area (Å²) < 4.78 is 0. The molecule has 0 bridgehead atoms. The monoisotopic (exact) mass is 322 g/mol. The van der Waals surface area contributed by atoms with Crippen molar-refractivity contribution in [2.75, 3.05) is 18.9 Å². The zero-order valence-corrected chi connectivity index (χ0v) is 14.9. The summed E-state index contributed by atoms with van der Waals surface area (Å²) in [4.78, 5) is 0. The molecule has 0 spiro atoms. The van der Waals surface area contributed by atoms with Gasteiger partial charge in [0, 0.05) is 30.3 Å². The van der Waals surface area contributed by atoms with Crippen molar-refractivity contribution in [3.8, 4) is 0 Å². The van der Waals surface area contributed by atoms with E-state index in [4.69, 9.17) is 11.6 Å². The zero-order valence-electron chi connectivity index (χ0n) is 14.2. The number of rotatable bonds is 8. The molecule has 0 aliphatic rings. The van der Waals surface area contributed by atoms with Crippen LogP contribution in [0.15, 0.2) is 46.3 Å². The van der Waals surface area contributed by atoms with Crippen molar-refractivity contribution >= 4 is 17.3 Å². The standard InChI is InChI=1S/C17H27ClN4/c1-6-14(4)17(11-12-22(5)21-20-13(2)3)19-16-9-7-15(18)8-10-16/h6-10,13,17,19H,11-12H2,1-5H3/b14-6+,21-20?. The molecule has 5 heteroatoms. The minimum Gasteiger partial charge on any atom is -0.379 e. The summed E-state index contributed by atoms with van der Waals surface area (Å²) in [6, 6.07) is 8.29. The second kappa shape index (κ2) is 9.46. The fourth-order valence-corrected chi connectivity index (χ4v) is 2.04. The molecule has 0 saturated heterocycles. The molecule has 0 fully saturated rings. The van der Waals surface area contributed by atoms with Gasteiger partial charge in [-0.05, 0) is 58.4 Å². The highest BCUT2D eigenvalue weighted by molar-refractivity contribution is 6.30. The zero-order chi connectivity index (χ0) is 16.5. The lowest BCUT2D eigenvalue weighted by atomic mass is 10.0. The quantitative estimate of drug-likeness (QED) is 0.407. The molecule has 0 saturated carbocycles. The average Bonchev–Trinajstić information content (AvgIpc) is 2.50. The van der Waals surface area contributed by atoms with E-state index in [9.17, 15) is 0 Å². The van der Waals surface area contributed by atoms with Gasteiger partial charge in [0.25, 0.3) is 0 Å². The van der Waals surface area contributed by atoms with E-state index in [1.165, 1.54) is 5.57 Å². The molecule has 1 rings (SSSR count). The normalized spacial score (nSPS) is 13.7. The summed E-state index contributed by atoms with van der Waals surface area (Å²) >= 11 is 5.93. The molecule has 4 nitrogen and oxygen atoms in total. The first-order chi connectivity index (χ1) is 10.4. The van der Waals surface area contributed by atoms with Crippen LogP contribution in [0.5, 0.6) is 0 Å². The molecule has 1 N–H and O–H groups in total. The molecule has 0 aromatic heterocycles. The van der Waals surface area contributed by atoms with Gasteiger partial charge in [0.2, 0.25) is 0 Å². The van der Waals surface area contributed by atoms with Crippen molar-refractivity contribution < 1.29 is 0 Å². The number of hydrogen-bond donors (Lipinski definition) is 1. The number of anilines is 1. The van der Waals surface area contributed by atoms with Crippen molar-refractivity contribution in [2.24, 2.45) is 10.3 Å². The maximum atomic E-state index is 5.93. The first-order valence-corrected chi connectivity index (χ1v) is 8.07. The Morgan fingerprint density at radius 2 is 1.95 bits per heavy atom. The molecule has 1 unspecified atom stereocenters. The van der Waals surface area contributed by atoms with Crippen LogP contribution in [-0.4, -0.2) is 30.7 Å². The molecule has 0 amide bonds. The summed E-state index contributed by atoms with van der Waals surface area (Å²) in [6.07, 6.45) is 3.09. The Morgan fingerprint density at radius 1 is 1.32 bits per heavy atom. The van der Waals surface area contributed by atoms with Crippen LogP contribution in [0.25, 0.3) is 0 Å². The Balaban J connectivity index is 2.63. The van der Waals surface area contributed by atoms with E-state index < -0.39 is 0 Å². The second-order valence-corrected chi connectivity index (χ2v) is 6.14. The third-order valence-corrected chi connectivity index (χ3v) is 3.62. The van der Waals surface area contributed by atoms with Gasteiger partial charge in [0.1, 0.15) is 0 Å². The summed E-state index contributed by atoms with van der Waals surface area (Å²) in [5.74, 6) is 0. The van der Waals surface area contributed by atoms with Crippen LogP contribution < -0.4 is 5.32 Å². The molecule has 122 valence electrons. The van der Waals surface area contributed by atoms with Crippen molar-refractivity contribution in [1.29, 1.82) is 0 Å². The van der Waals surface area contributed by atoms with Gasteiger partial charge < -0.3 is 5.32 Å². The van der Waals surface area contributed by atoms with Gasteiger partial charge in [0.15, 0.2) is 0 Å². The van der Waals surface area contributed by atoms with Crippen LogP contribution in [-0.2, 0) is 0 Å². The van der Waals surface area contributed by atoms with Crippen LogP contribution in [0, 0.1) is 0 Å². The predicted octanol–water partition coefficient (Wildman–Crippen LogP) is 5.18. The van der Waals surface area contributed by atoms with Gasteiger partial charge in [-0.25, -0.2) is 0 Å². The molecule has 0 radical (unpaired) electrons. The van der Waals surface area contributed by atoms with E-state index in [2.05, 4.69) is 35.6 Å². The van der Waals surface area contributed by atoms with E-state index in [1.807, 2.05) is 50.2 Å². The van der Waals surface area contributed by atoms with Crippen molar-refractivity contribution in [1.82, 2.24) is 5.01 Å². The summed E-state index contributed by atoms with van der Waals surface area (Å²) in [5, 5.41) is 14.5. The Bertz CT molecular complexity index is 494. The first kappa shape index (κ1) is 18.5. The minimum absolute atomic E-state index is 0.225. The molecule has 0 aliphatic carbocycles. The van der Waals surface area contributed by atoms with Gasteiger partial charge in [-0.2, -0.15) is 5.11 Å². The smallest absolute Gasteiger partial charge is 0.0673 e. The topological polar surface area (TPSA) is 40.0 Å². The molecule has 0 heterocycles. The fraction of sp³-hybridized carbons (Fsp3) is 0.529. The lowest BCUT2D eigenvalue weighted by molar-refractivity contribution is 0.312. The molecule has 1 atom stereocenters. The van der Waals surface area contributed by atoms with Gasteiger partial charge in [-0.1, -0.05) is 28.5 Å². The van der Waals surface area contributed by atoms with Crippen LogP contribution >= 0.6 is 11.6 Å².